The van der Waals surface area contributed by atoms with Crippen LogP contribution in [-0.2, 0) is 6.42 Å². The topological polar surface area (TPSA) is 29.0 Å². The molecule has 0 saturated carbocycles. The maximum Gasteiger partial charge on any atom is 0.141 e. The van der Waals surface area contributed by atoms with Crippen molar-refractivity contribution in [1.82, 2.24) is 9.97 Å². The minimum absolute atomic E-state index is 0.551. The summed E-state index contributed by atoms with van der Waals surface area (Å²) in [6.07, 6.45) is 1.85. The third-order valence-electron chi connectivity index (χ3n) is 3.56. The van der Waals surface area contributed by atoms with Gasteiger partial charge in [-0.3, -0.25) is 0 Å². The second kappa shape index (κ2) is 6.90. The third-order valence-corrected chi connectivity index (χ3v) is 3.93. The van der Waals surface area contributed by atoms with Crippen molar-refractivity contribution in [3.05, 3.63) is 46.4 Å². The molecule has 0 atom stereocenters. The molecule has 4 heteroatoms. The largest absolute Gasteiger partial charge is 0.326 e. The smallest absolute Gasteiger partial charge is 0.141 e. The van der Waals surface area contributed by atoms with Crippen LogP contribution in [0.25, 0.3) is 0 Å². The van der Waals surface area contributed by atoms with Crippen molar-refractivity contribution < 1.29 is 0 Å². The lowest BCUT2D eigenvalue weighted by Crippen LogP contribution is -2.20. The second-order valence-electron chi connectivity index (χ2n) is 5.16. The van der Waals surface area contributed by atoms with E-state index in [4.69, 9.17) is 16.6 Å². The van der Waals surface area contributed by atoms with E-state index in [0.717, 1.165) is 36.6 Å². The molecule has 0 spiro atoms. The summed E-state index contributed by atoms with van der Waals surface area (Å²) >= 11 is 6.31. The number of hydrogen-bond donors (Lipinski definition) is 0. The molecule has 0 unspecified atom stereocenters. The Bertz CT molecular complexity index is 625. The maximum absolute atomic E-state index is 6.31. The van der Waals surface area contributed by atoms with Gasteiger partial charge in [-0.05, 0) is 38.8 Å². The molecular weight excluding hydrogens is 282 g/mol. The minimum Gasteiger partial charge on any atom is -0.326 e. The van der Waals surface area contributed by atoms with Gasteiger partial charge in [0.2, 0.25) is 0 Å². The van der Waals surface area contributed by atoms with Gasteiger partial charge in [0, 0.05) is 24.2 Å². The van der Waals surface area contributed by atoms with Crippen LogP contribution in [0, 0.1) is 13.8 Å². The molecule has 0 aliphatic carbocycles. The van der Waals surface area contributed by atoms with Gasteiger partial charge in [-0.25, -0.2) is 9.97 Å². The number of nitrogens with zero attached hydrogens (tertiary/aromatic N) is 3. The molecule has 0 saturated heterocycles. The van der Waals surface area contributed by atoms with Gasteiger partial charge in [0.1, 0.15) is 16.8 Å². The van der Waals surface area contributed by atoms with E-state index < -0.39 is 0 Å². The van der Waals surface area contributed by atoms with Crippen LogP contribution in [0.2, 0.25) is 5.15 Å². The van der Waals surface area contributed by atoms with Gasteiger partial charge in [0.15, 0.2) is 0 Å². The van der Waals surface area contributed by atoms with E-state index in [9.17, 15) is 0 Å². The minimum atomic E-state index is 0.551. The highest BCUT2D eigenvalue weighted by Gasteiger charge is 2.17. The first kappa shape index (κ1) is 15.8. The van der Waals surface area contributed by atoms with Gasteiger partial charge >= 0.3 is 0 Å². The molecule has 0 radical (unpaired) electrons. The van der Waals surface area contributed by atoms with E-state index in [0.29, 0.717) is 5.15 Å². The highest BCUT2D eigenvalue weighted by molar-refractivity contribution is 6.30. The molecule has 1 aromatic carbocycles. The average molecular weight is 304 g/mol. The van der Waals surface area contributed by atoms with Crippen LogP contribution in [0.15, 0.2) is 24.3 Å². The standard InChI is InChI=1S/C17H22ClN3/c1-5-9-15-19-16(18)13(4)17(20-15)21(6-2)14-11-8-7-10-12(14)3/h7-8,10-11H,5-6,9H2,1-4H3. The SMILES string of the molecule is CCCc1nc(Cl)c(C)c(N(CC)c2ccccc2C)n1. The van der Waals surface area contributed by atoms with Crippen molar-refractivity contribution >= 4 is 23.1 Å². The predicted octanol–water partition coefficient (Wildman–Crippen LogP) is 4.86. The van der Waals surface area contributed by atoms with Crippen molar-refractivity contribution in [1.29, 1.82) is 0 Å². The lowest BCUT2D eigenvalue weighted by atomic mass is 10.1. The third kappa shape index (κ3) is 3.35. The fourth-order valence-corrected chi connectivity index (χ4v) is 2.60. The van der Waals surface area contributed by atoms with Gasteiger partial charge in [-0.15, -0.1) is 0 Å². The first-order valence-electron chi connectivity index (χ1n) is 7.44. The Morgan fingerprint density at radius 1 is 1.10 bits per heavy atom. The summed E-state index contributed by atoms with van der Waals surface area (Å²) in [5.41, 5.74) is 3.33. The lowest BCUT2D eigenvalue weighted by molar-refractivity contribution is 0.820. The molecule has 1 aromatic heterocycles. The van der Waals surface area contributed by atoms with E-state index in [2.05, 4.69) is 54.9 Å². The van der Waals surface area contributed by atoms with Crippen LogP contribution in [0.3, 0.4) is 0 Å². The zero-order valence-electron chi connectivity index (χ0n) is 13.2. The van der Waals surface area contributed by atoms with Crippen LogP contribution in [0.5, 0.6) is 0 Å². The molecule has 1 heterocycles. The molecule has 112 valence electrons. The Hall–Kier alpha value is -1.61. The van der Waals surface area contributed by atoms with Crippen molar-refractivity contribution in [2.45, 2.75) is 40.5 Å². The number of halogens is 1. The van der Waals surface area contributed by atoms with Gasteiger partial charge in [0.05, 0.1) is 0 Å². The van der Waals surface area contributed by atoms with Crippen LogP contribution in [0.4, 0.5) is 11.5 Å². The summed E-state index contributed by atoms with van der Waals surface area (Å²) in [7, 11) is 0. The van der Waals surface area contributed by atoms with Gasteiger partial charge in [0.25, 0.3) is 0 Å². The Kier molecular flexibility index (Phi) is 5.18. The zero-order valence-corrected chi connectivity index (χ0v) is 13.9. The number of rotatable bonds is 5. The summed E-state index contributed by atoms with van der Waals surface area (Å²) in [5, 5.41) is 0.551. The van der Waals surface area contributed by atoms with E-state index in [1.165, 1.54) is 11.3 Å². The van der Waals surface area contributed by atoms with Crippen LogP contribution in [-0.4, -0.2) is 16.5 Å². The van der Waals surface area contributed by atoms with Crippen molar-refractivity contribution in [3.8, 4) is 0 Å². The molecule has 0 fully saturated rings. The molecule has 2 rings (SSSR count). The molecule has 0 aliphatic heterocycles. The second-order valence-corrected chi connectivity index (χ2v) is 5.52. The molecule has 0 aliphatic rings. The Morgan fingerprint density at radius 2 is 1.81 bits per heavy atom. The van der Waals surface area contributed by atoms with Crippen LogP contribution < -0.4 is 4.90 Å². The Labute approximate surface area is 132 Å². The first-order valence-corrected chi connectivity index (χ1v) is 7.82. The summed E-state index contributed by atoms with van der Waals surface area (Å²) in [4.78, 5) is 11.3. The molecular formula is C17H22ClN3. The van der Waals surface area contributed by atoms with Crippen molar-refractivity contribution in [2.24, 2.45) is 0 Å². The molecule has 0 bridgehead atoms. The van der Waals surface area contributed by atoms with Crippen molar-refractivity contribution in [3.63, 3.8) is 0 Å². The van der Waals surface area contributed by atoms with E-state index in [-0.39, 0.29) is 0 Å². The normalized spacial score (nSPS) is 10.7. The lowest BCUT2D eigenvalue weighted by Gasteiger charge is -2.26. The van der Waals surface area contributed by atoms with Gasteiger partial charge in [-0.2, -0.15) is 0 Å². The highest BCUT2D eigenvalue weighted by Crippen LogP contribution is 2.31. The summed E-state index contributed by atoms with van der Waals surface area (Å²) in [6, 6.07) is 8.34. The number of benzene rings is 1. The monoisotopic (exact) mass is 303 g/mol. The number of hydrogen-bond acceptors (Lipinski definition) is 3. The number of anilines is 2. The quantitative estimate of drug-likeness (QED) is 0.739. The number of aryl methyl sites for hydroxylation is 2. The zero-order chi connectivity index (χ0) is 15.4. The Morgan fingerprint density at radius 3 is 2.43 bits per heavy atom. The van der Waals surface area contributed by atoms with Crippen LogP contribution >= 0.6 is 11.6 Å². The summed E-state index contributed by atoms with van der Waals surface area (Å²) in [6.45, 7) is 9.18. The van der Waals surface area contributed by atoms with E-state index in [1.54, 1.807) is 0 Å². The number of aromatic nitrogens is 2. The molecule has 2 aromatic rings. The molecule has 3 nitrogen and oxygen atoms in total. The fraction of sp³-hybridized carbons (Fsp3) is 0.412. The summed E-state index contributed by atoms with van der Waals surface area (Å²) < 4.78 is 0. The van der Waals surface area contributed by atoms with Gasteiger partial charge < -0.3 is 4.90 Å². The summed E-state index contributed by atoms with van der Waals surface area (Å²) in [5.74, 6) is 1.73. The van der Waals surface area contributed by atoms with E-state index >= 15 is 0 Å². The fourth-order valence-electron chi connectivity index (χ4n) is 2.42. The Balaban J connectivity index is 2.54. The highest BCUT2D eigenvalue weighted by atomic mass is 35.5. The first-order chi connectivity index (χ1) is 10.1. The average Bonchev–Trinajstić information content (AvgIpc) is 2.47. The molecule has 0 N–H and O–H groups in total. The molecule has 0 amide bonds. The maximum atomic E-state index is 6.31. The van der Waals surface area contributed by atoms with Crippen LogP contribution in [0.1, 0.15) is 37.2 Å². The van der Waals surface area contributed by atoms with Crippen molar-refractivity contribution in [2.75, 3.05) is 11.4 Å². The van der Waals surface area contributed by atoms with E-state index in [1.807, 2.05) is 6.92 Å². The van der Waals surface area contributed by atoms with Gasteiger partial charge in [-0.1, -0.05) is 36.7 Å². The predicted molar refractivity (Wildman–Crippen MR) is 89.6 cm³/mol. The molecule has 21 heavy (non-hydrogen) atoms. The number of para-hydroxylation sites is 1.